The normalized spacial score (nSPS) is 13.2. The number of rotatable bonds is 6. The predicted octanol–water partition coefficient (Wildman–Crippen LogP) is -0.665. The van der Waals surface area contributed by atoms with Gasteiger partial charge in [0.25, 0.3) is 10.0 Å². The Morgan fingerprint density at radius 1 is 1.56 bits per heavy atom. The summed E-state index contributed by atoms with van der Waals surface area (Å²) >= 11 is 0. The molecule has 0 aliphatic heterocycles. The van der Waals surface area contributed by atoms with Crippen LogP contribution in [0.3, 0.4) is 0 Å². The molecule has 100 valence electrons. The van der Waals surface area contributed by atoms with Crippen molar-refractivity contribution >= 4 is 16.0 Å². The highest BCUT2D eigenvalue weighted by molar-refractivity contribution is 7.89. The highest BCUT2D eigenvalue weighted by Gasteiger charge is 2.27. The van der Waals surface area contributed by atoms with E-state index < -0.39 is 39.5 Å². The number of halogens is 1. The molecule has 0 amide bonds. The number of carboxylic acid groups (broad SMARTS) is 1. The van der Waals surface area contributed by atoms with E-state index in [9.17, 15) is 17.6 Å². The van der Waals surface area contributed by atoms with Gasteiger partial charge in [0.2, 0.25) is 5.03 Å². The Morgan fingerprint density at radius 3 is 2.72 bits per heavy atom. The van der Waals surface area contributed by atoms with Crippen LogP contribution in [0.4, 0.5) is 4.39 Å². The molecule has 0 radical (unpaired) electrons. The van der Waals surface area contributed by atoms with E-state index in [0.717, 1.165) is 12.3 Å². The average Bonchev–Trinajstić information content (AvgIpc) is 2.28. The third-order valence-electron chi connectivity index (χ3n) is 1.99. The summed E-state index contributed by atoms with van der Waals surface area (Å²) in [4.78, 5) is 14.1. The van der Waals surface area contributed by atoms with Crippen LogP contribution in [0.25, 0.3) is 0 Å². The van der Waals surface area contributed by atoms with E-state index >= 15 is 0 Å². The van der Waals surface area contributed by atoms with Crippen LogP contribution in [0, 0.1) is 5.82 Å². The van der Waals surface area contributed by atoms with Crippen molar-refractivity contribution in [3.8, 4) is 0 Å². The van der Waals surface area contributed by atoms with E-state index in [1.54, 1.807) is 4.72 Å². The number of aromatic nitrogens is 1. The minimum atomic E-state index is -4.39. The van der Waals surface area contributed by atoms with Gasteiger partial charge in [-0.15, -0.1) is 0 Å². The molecule has 0 aliphatic rings. The van der Waals surface area contributed by atoms with Gasteiger partial charge in [-0.1, -0.05) is 0 Å². The summed E-state index contributed by atoms with van der Waals surface area (Å²) in [7, 11) is -4.39. The van der Waals surface area contributed by atoms with Crippen LogP contribution in [0.15, 0.2) is 23.4 Å². The Hall–Kier alpha value is -1.58. The number of nitrogens with zero attached hydrogens (tertiary/aromatic N) is 1. The van der Waals surface area contributed by atoms with Crippen LogP contribution in [-0.4, -0.2) is 42.2 Å². The van der Waals surface area contributed by atoms with Crippen LogP contribution < -0.4 is 4.72 Å². The lowest BCUT2D eigenvalue weighted by Gasteiger charge is -2.13. The van der Waals surface area contributed by atoms with Crippen LogP contribution in [-0.2, 0) is 14.8 Å². The number of carboxylic acids is 1. The van der Waals surface area contributed by atoms with Gasteiger partial charge in [-0.25, -0.2) is 17.8 Å². The molecule has 0 aromatic carbocycles. The average molecular weight is 278 g/mol. The zero-order valence-electron chi connectivity index (χ0n) is 9.08. The van der Waals surface area contributed by atoms with Crippen molar-refractivity contribution in [2.24, 2.45) is 0 Å². The second kappa shape index (κ2) is 5.85. The molecule has 0 fully saturated rings. The predicted molar refractivity (Wildman–Crippen MR) is 57.6 cm³/mol. The summed E-state index contributed by atoms with van der Waals surface area (Å²) in [5.74, 6) is -2.55. The molecule has 0 bridgehead atoms. The highest BCUT2D eigenvalue weighted by atomic mass is 32.2. The quantitative estimate of drug-likeness (QED) is 0.635. The molecule has 0 spiro atoms. The van der Waals surface area contributed by atoms with Gasteiger partial charge in [-0.05, 0) is 18.6 Å². The van der Waals surface area contributed by atoms with Crippen molar-refractivity contribution in [1.82, 2.24) is 9.71 Å². The molecule has 1 atom stereocenters. The van der Waals surface area contributed by atoms with Gasteiger partial charge >= 0.3 is 5.97 Å². The minimum Gasteiger partial charge on any atom is -0.480 e. The number of sulfonamides is 1. The number of nitrogens with one attached hydrogen (secondary N) is 1. The molecule has 1 aromatic rings. The molecular formula is C9H11FN2O5S. The molecule has 1 heterocycles. The number of carbonyl (C=O) groups is 1. The maximum Gasteiger partial charge on any atom is 0.321 e. The van der Waals surface area contributed by atoms with E-state index in [-0.39, 0.29) is 6.42 Å². The first kappa shape index (κ1) is 14.5. The van der Waals surface area contributed by atoms with Crippen molar-refractivity contribution in [3.63, 3.8) is 0 Å². The third kappa shape index (κ3) is 3.45. The van der Waals surface area contributed by atoms with Crippen molar-refractivity contribution in [3.05, 3.63) is 24.1 Å². The Kier molecular flexibility index (Phi) is 4.70. The molecule has 0 saturated carbocycles. The van der Waals surface area contributed by atoms with E-state index in [1.165, 1.54) is 6.07 Å². The Balaban J connectivity index is 3.01. The number of hydrogen-bond donors (Lipinski definition) is 3. The van der Waals surface area contributed by atoms with Gasteiger partial charge in [0.15, 0.2) is 5.82 Å². The first-order valence-corrected chi connectivity index (χ1v) is 6.33. The summed E-state index contributed by atoms with van der Waals surface area (Å²) in [5.41, 5.74) is 0. The molecule has 7 nitrogen and oxygen atoms in total. The number of aliphatic hydroxyl groups excluding tert-OH is 1. The van der Waals surface area contributed by atoms with Gasteiger partial charge < -0.3 is 10.2 Å². The Morgan fingerprint density at radius 2 is 2.22 bits per heavy atom. The molecule has 1 aromatic heterocycles. The molecule has 1 unspecified atom stereocenters. The van der Waals surface area contributed by atoms with Crippen LogP contribution >= 0.6 is 0 Å². The molecular weight excluding hydrogens is 267 g/mol. The lowest BCUT2D eigenvalue weighted by Crippen LogP contribution is -2.41. The summed E-state index contributed by atoms with van der Waals surface area (Å²) in [6.07, 6.45) is 0.739. The fourth-order valence-corrected chi connectivity index (χ4v) is 2.40. The fourth-order valence-electron chi connectivity index (χ4n) is 1.17. The number of pyridine rings is 1. The maximum absolute atomic E-state index is 13.2. The molecule has 0 aliphatic carbocycles. The van der Waals surface area contributed by atoms with E-state index in [1.807, 2.05) is 0 Å². The molecule has 18 heavy (non-hydrogen) atoms. The zero-order chi connectivity index (χ0) is 13.8. The minimum absolute atomic E-state index is 0.330. The standard InChI is InChI=1S/C9H11FN2O5S/c10-6-2-1-4-11-8(6)18(16,17)12-7(3-5-13)9(14)15/h1-2,4,7,12-13H,3,5H2,(H,14,15). The summed E-state index contributed by atoms with van der Waals surface area (Å²) in [5, 5.41) is 16.5. The van der Waals surface area contributed by atoms with E-state index in [2.05, 4.69) is 4.98 Å². The monoisotopic (exact) mass is 278 g/mol. The van der Waals surface area contributed by atoms with Crippen LogP contribution in [0.1, 0.15) is 6.42 Å². The largest absolute Gasteiger partial charge is 0.480 e. The fraction of sp³-hybridized carbons (Fsp3) is 0.333. The first-order valence-electron chi connectivity index (χ1n) is 4.85. The van der Waals surface area contributed by atoms with E-state index in [4.69, 9.17) is 10.2 Å². The maximum atomic E-state index is 13.2. The van der Waals surface area contributed by atoms with Gasteiger partial charge in [0.05, 0.1) is 0 Å². The van der Waals surface area contributed by atoms with Crippen molar-refractivity contribution in [2.45, 2.75) is 17.5 Å². The van der Waals surface area contributed by atoms with Crippen LogP contribution in [0.5, 0.6) is 0 Å². The lowest BCUT2D eigenvalue weighted by molar-refractivity contribution is -0.139. The lowest BCUT2D eigenvalue weighted by atomic mass is 10.2. The second-order valence-corrected chi connectivity index (χ2v) is 4.94. The Bertz CT molecular complexity index is 534. The van der Waals surface area contributed by atoms with Gasteiger partial charge in [-0.3, -0.25) is 4.79 Å². The SMILES string of the molecule is O=C(O)C(CCO)NS(=O)(=O)c1ncccc1F. The number of aliphatic carboxylic acids is 1. The molecule has 9 heteroatoms. The number of aliphatic hydroxyl groups is 1. The van der Waals surface area contributed by atoms with Crippen molar-refractivity contribution in [2.75, 3.05) is 6.61 Å². The summed E-state index contributed by atoms with van der Waals surface area (Å²) < 4.78 is 38.4. The van der Waals surface area contributed by atoms with Crippen LogP contribution in [0.2, 0.25) is 0 Å². The van der Waals surface area contributed by atoms with E-state index in [0.29, 0.717) is 0 Å². The Labute approximate surface area is 102 Å². The first-order chi connectivity index (χ1) is 8.38. The van der Waals surface area contributed by atoms with Crippen molar-refractivity contribution < 1.29 is 27.8 Å². The second-order valence-electron chi connectivity index (χ2n) is 3.31. The summed E-state index contributed by atoms with van der Waals surface area (Å²) in [6, 6.07) is 0.557. The van der Waals surface area contributed by atoms with Crippen molar-refractivity contribution in [1.29, 1.82) is 0 Å². The third-order valence-corrected chi connectivity index (χ3v) is 3.40. The summed E-state index contributed by atoms with van der Waals surface area (Å²) in [6.45, 7) is -0.524. The smallest absolute Gasteiger partial charge is 0.321 e. The van der Waals surface area contributed by atoms with Gasteiger partial charge in [-0.2, -0.15) is 4.72 Å². The van der Waals surface area contributed by atoms with Gasteiger partial charge in [0, 0.05) is 12.8 Å². The molecule has 0 saturated heterocycles. The zero-order valence-corrected chi connectivity index (χ0v) is 9.89. The molecule has 3 N–H and O–H groups in total. The molecule has 1 rings (SSSR count). The highest BCUT2D eigenvalue weighted by Crippen LogP contribution is 2.11. The topological polar surface area (TPSA) is 117 Å². The number of hydrogen-bond acceptors (Lipinski definition) is 5. The van der Waals surface area contributed by atoms with Gasteiger partial charge in [0.1, 0.15) is 6.04 Å².